The van der Waals surface area contributed by atoms with Crippen LogP contribution in [0.15, 0.2) is 108 Å². The molecule has 1 aliphatic carbocycles. The van der Waals surface area contributed by atoms with Crippen LogP contribution in [0.25, 0.3) is 0 Å². The van der Waals surface area contributed by atoms with Gasteiger partial charge in [-0.1, -0.05) is 109 Å². The zero-order chi connectivity index (χ0) is 34.1. The molecule has 2 amide bonds. The summed E-state index contributed by atoms with van der Waals surface area (Å²) in [6.45, 7) is 3.46. The molecule has 1 atom stereocenters. The number of sulfonamides is 1. The Morgan fingerprint density at radius 1 is 0.792 bits per heavy atom. The fourth-order valence-electron chi connectivity index (χ4n) is 6.18. The summed E-state index contributed by atoms with van der Waals surface area (Å²) in [5.74, 6) is -0.435. The minimum Gasteiger partial charge on any atom is -0.495 e. The number of anilines is 1. The number of rotatable bonds is 13. The normalized spacial score (nSPS) is 14.1. The lowest BCUT2D eigenvalue weighted by Gasteiger charge is -2.35. The number of benzene rings is 4. The van der Waals surface area contributed by atoms with Crippen molar-refractivity contribution in [2.45, 2.75) is 75.9 Å². The maximum Gasteiger partial charge on any atom is 0.264 e. The van der Waals surface area contributed by atoms with E-state index in [2.05, 4.69) is 5.32 Å². The number of ether oxygens (including phenoxy) is 1. The van der Waals surface area contributed by atoms with E-state index in [0.717, 1.165) is 58.7 Å². The Hall–Kier alpha value is -4.63. The molecule has 0 aromatic heterocycles. The summed E-state index contributed by atoms with van der Waals surface area (Å²) in [4.78, 5) is 30.6. The molecule has 1 aliphatic rings. The van der Waals surface area contributed by atoms with Gasteiger partial charge in [0.15, 0.2) is 0 Å². The van der Waals surface area contributed by atoms with Crippen LogP contribution in [-0.4, -0.2) is 50.9 Å². The zero-order valence-corrected chi connectivity index (χ0v) is 28.8. The predicted molar refractivity (Wildman–Crippen MR) is 189 cm³/mol. The fourth-order valence-corrected chi connectivity index (χ4v) is 7.60. The summed E-state index contributed by atoms with van der Waals surface area (Å²) in [6.07, 6.45) is 5.30. The smallest absolute Gasteiger partial charge is 0.264 e. The second kappa shape index (κ2) is 16.0. The third-order valence-electron chi connectivity index (χ3n) is 8.94. The van der Waals surface area contributed by atoms with E-state index in [1.54, 1.807) is 41.3 Å². The number of hydrogen-bond acceptors (Lipinski definition) is 5. The lowest BCUT2D eigenvalue weighted by Crippen LogP contribution is -2.55. The fraction of sp³-hybridized carbons (Fsp3) is 0.333. The van der Waals surface area contributed by atoms with Crippen molar-refractivity contribution in [1.29, 1.82) is 0 Å². The van der Waals surface area contributed by atoms with Gasteiger partial charge in [0.2, 0.25) is 11.8 Å². The van der Waals surface area contributed by atoms with Crippen LogP contribution in [0, 0.1) is 13.8 Å². The molecule has 1 N–H and O–H groups in total. The first-order chi connectivity index (χ1) is 23.2. The van der Waals surface area contributed by atoms with Crippen LogP contribution in [0.3, 0.4) is 0 Å². The van der Waals surface area contributed by atoms with Gasteiger partial charge in [0.25, 0.3) is 10.0 Å². The minimum atomic E-state index is -4.23. The van der Waals surface area contributed by atoms with Gasteiger partial charge in [0, 0.05) is 19.0 Å². The summed E-state index contributed by atoms with van der Waals surface area (Å²) in [7, 11) is -2.77. The third kappa shape index (κ3) is 8.63. The van der Waals surface area contributed by atoms with Crippen LogP contribution in [-0.2, 0) is 32.6 Å². The highest BCUT2D eigenvalue weighted by atomic mass is 32.2. The Balaban J connectivity index is 1.58. The van der Waals surface area contributed by atoms with E-state index in [9.17, 15) is 18.0 Å². The van der Waals surface area contributed by atoms with Gasteiger partial charge in [0.1, 0.15) is 18.3 Å². The molecule has 0 saturated heterocycles. The molecule has 0 bridgehead atoms. The number of nitrogens with one attached hydrogen (secondary N) is 1. The van der Waals surface area contributed by atoms with Crippen molar-refractivity contribution in [2.75, 3.05) is 18.0 Å². The molecule has 48 heavy (non-hydrogen) atoms. The third-order valence-corrected chi connectivity index (χ3v) is 10.7. The van der Waals surface area contributed by atoms with E-state index in [1.807, 2.05) is 68.4 Å². The number of aryl methyl sites for hydroxylation is 2. The molecule has 1 fully saturated rings. The Morgan fingerprint density at radius 3 is 2.04 bits per heavy atom. The quantitative estimate of drug-likeness (QED) is 0.174. The van der Waals surface area contributed by atoms with Gasteiger partial charge in [0.05, 0.1) is 17.7 Å². The summed E-state index contributed by atoms with van der Waals surface area (Å²) >= 11 is 0. The highest BCUT2D eigenvalue weighted by Gasteiger charge is 2.36. The zero-order valence-electron chi connectivity index (χ0n) is 28.0. The number of nitrogens with zero attached hydrogens (tertiary/aromatic N) is 2. The van der Waals surface area contributed by atoms with Crippen LogP contribution in [0.1, 0.15) is 54.4 Å². The number of methoxy groups -OCH3 is 1. The number of amides is 2. The number of carbonyl (C=O) groups excluding carboxylic acids is 2. The minimum absolute atomic E-state index is 0.0350. The van der Waals surface area contributed by atoms with Crippen LogP contribution in [0.5, 0.6) is 5.75 Å². The van der Waals surface area contributed by atoms with Crippen molar-refractivity contribution in [3.8, 4) is 5.75 Å². The van der Waals surface area contributed by atoms with E-state index in [0.29, 0.717) is 5.75 Å². The molecule has 9 heteroatoms. The summed E-state index contributed by atoms with van der Waals surface area (Å²) in [5.41, 5.74) is 3.94. The van der Waals surface area contributed by atoms with Crippen molar-refractivity contribution >= 4 is 27.5 Å². The maximum absolute atomic E-state index is 14.8. The van der Waals surface area contributed by atoms with Gasteiger partial charge in [-0.15, -0.1) is 0 Å². The molecule has 0 heterocycles. The molecule has 4 aromatic rings. The molecular formula is C39H45N3O5S. The summed E-state index contributed by atoms with van der Waals surface area (Å²) in [6, 6.07) is 29.9. The van der Waals surface area contributed by atoms with Crippen molar-refractivity contribution in [3.05, 3.63) is 125 Å². The molecule has 0 spiro atoms. The predicted octanol–water partition coefficient (Wildman–Crippen LogP) is 6.60. The lowest BCUT2D eigenvalue weighted by molar-refractivity contribution is -0.140. The first-order valence-corrected chi connectivity index (χ1v) is 18.0. The van der Waals surface area contributed by atoms with E-state index in [-0.39, 0.29) is 35.5 Å². The van der Waals surface area contributed by atoms with Crippen LogP contribution in [0.4, 0.5) is 5.69 Å². The van der Waals surface area contributed by atoms with Gasteiger partial charge in [-0.05, 0) is 62.1 Å². The largest absolute Gasteiger partial charge is 0.495 e. The Kier molecular flexibility index (Phi) is 11.5. The number of hydrogen-bond donors (Lipinski definition) is 1. The van der Waals surface area contributed by atoms with Crippen molar-refractivity contribution in [1.82, 2.24) is 10.2 Å². The van der Waals surface area contributed by atoms with Gasteiger partial charge >= 0.3 is 0 Å². The molecule has 0 aliphatic heterocycles. The van der Waals surface area contributed by atoms with Gasteiger partial charge in [-0.3, -0.25) is 13.9 Å². The second-order valence-corrected chi connectivity index (χ2v) is 14.4. The Morgan fingerprint density at radius 2 is 1.40 bits per heavy atom. The first kappa shape index (κ1) is 34.7. The molecule has 0 radical (unpaired) electrons. The van der Waals surface area contributed by atoms with Gasteiger partial charge in [-0.25, -0.2) is 8.42 Å². The molecule has 252 valence electrons. The van der Waals surface area contributed by atoms with Gasteiger partial charge in [-0.2, -0.15) is 0 Å². The second-order valence-electron chi connectivity index (χ2n) is 12.6. The average Bonchev–Trinajstić information content (AvgIpc) is 3.10. The summed E-state index contributed by atoms with van der Waals surface area (Å²) < 4.78 is 35.4. The van der Waals surface area contributed by atoms with E-state index >= 15 is 0 Å². The Labute approximate surface area is 284 Å². The van der Waals surface area contributed by atoms with Crippen LogP contribution < -0.4 is 14.4 Å². The SMILES string of the molecule is COc1ccccc1N(CC(=O)N(Cc1ccc(C)cc1)[C@@H](Cc1ccccc1)C(=O)NC1CCCCC1)S(=O)(=O)c1ccc(C)cc1. The van der Waals surface area contributed by atoms with Crippen LogP contribution in [0.2, 0.25) is 0 Å². The number of para-hydroxylation sites is 2. The lowest BCUT2D eigenvalue weighted by atomic mass is 9.94. The van der Waals surface area contributed by atoms with Crippen LogP contribution >= 0.6 is 0 Å². The molecule has 0 unspecified atom stereocenters. The van der Waals surface area contributed by atoms with E-state index in [4.69, 9.17) is 4.74 Å². The molecular weight excluding hydrogens is 623 g/mol. The molecule has 5 rings (SSSR count). The Bertz CT molecular complexity index is 1770. The molecule has 4 aromatic carbocycles. The highest BCUT2D eigenvalue weighted by Crippen LogP contribution is 2.33. The number of carbonyl (C=O) groups is 2. The van der Waals surface area contributed by atoms with Crippen molar-refractivity contribution in [3.63, 3.8) is 0 Å². The summed E-state index contributed by atoms with van der Waals surface area (Å²) in [5, 5.41) is 3.25. The highest BCUT2D eigenvalue weighted by molar-refractivity contribution is 7.92. The van der Waals surface area contributed by atoms with E-state index in [1.165, 1.54) is 19.2 Å². The molecule has 8 nitrogen and oxygen atoms in total. The topological polar surface area (TPSA) is 96.0 Å². The van der Waals surface area contributed by atoms with E-state index < -0.39 is 28.5 Å². The molecule has 1 saturated carbocycles. The monoisotopic (exact) mass is 667 g/mol. The van der Waals surface area contributed by atoms with Crippen molar-refractivity contribution < 1.29 is 22.7 Å². The first-order valence-electron chi connectivity index (χ1n) is 16.6. The standard InChI is InChI=1S/C39H45N3O5S/c1-29-18-22-32(23-19-29)27-41(36(26-31-12-6-4-7-13-31)39(44)40-33-14-8-5-9-15-33)38(43)28-42(35-16-10-11-17-37(35)47-3)48(45,46)34-24-20-30(2)21-25-34/h4,6-7,10-13,16-25,33,36H,5,8-9,14-15,26-28H2,1-3H3,(H,40,44)/t36-/m0/s1. The van der Waals surface area contributed by atoms with Gasteiger partial charge < -0.3 is 15.0 Å². The maximum atomic E-state index is 14.8. The van der Waals surface area contributed by atoms with Crippen molar-refractivity contribution in [2.24, 2.45) is 0 Å². The average molecular weight is 668 g/mol.